The van der Waals surface area contributed by atoms with Gasteiger partial charge in [-0.05, 0) is 54.1 Å². The molecule has 2 aromatic heterocycles. The molecule has 0 spiro atoms. The molecular weight excluding hydrogens is 509 g/mol. The number of rotatable bonds is 6. The molecule has 1 N–H and O–H groups in total. The highest BCUT2D eigenvalue weighted by Gasteiger charge is 2.13. The normalized spacial score (nSPS) is 11.0. The van der Waals surface area contributed by atoms with Crippen LogP contribution in [0.4, 0.5) is 0 Å². The Balaban J connectivity index is 1.39. The highest BCUT2D eigenvalue weighted by atomic mass is 35.5. The van der Waals surface area contributed by atoms with Gasteiger partial charge >= 0.3 is 0 Å². The van der Waals surface area contributed by atoms with E-state index >= 15 is 0 Å². The van der Waals surface area contributed by atoms with E-state index in [1.54, 1.807) is 48.8 Å². The average molecular weight is 530 g/mol. The summed E-state index contributed by atoms with van der Waals surface area (Å²) in [4.78, 5) is 38.7. The minimum absolute atomic E-state index is 0.00305. The van der Waals surface area contributed by atoms with Gasteiger partial charge in [-0.25, -0.2) is 0 Å². The SMILES string of the molecule is O=C(NCc1cn(-c2ccccc2)c2cc(Cl)ccc2c1=O)c1ccn(Cc2ccc(Cl)cc2)c(=O)c1. The third kappa shape index (κ3) is 5.35. The Kier molecular flexibility index (Phi) is 6.95. The molecule has 0 bridgehead atoms. The third-order valence-electron chi connectivity index (χ3n) is 6.04. The van der Waals surface area contributed by atoms with E-state index in [0.717, 1.165) is 11.3 Å². The number of carbonyl (C=O) groups excluding carboxylic acids is 1. The van der Waals surface area contributed by atoms with Crippen molar-refractivity contribution < 1.29 is 4.79 Å². The van der Waals surface area contributed by atoms with Gasteiger partial charge in [0.2, 0.25) is 0 Å². The maximum absolute atomic E-state index is 13.2. The number of para-hydroxylation sites is 1. The van der Waals surface area contributed by atoms with Crippen LogP contribution in [0.3, 0.4) is 0 Å². The zero-order valence-corrected chi connectivity index (χ0v) is 21.0. The minimum atomic E-state index is -0.447. The first kappa shape index (κ1) is 24.6. The van der Waals surface area contributed by atoms with Gasteiger partial charge in [-0.1, -0.05) is 53.5 Å². The molecule has 0 radical (unpaired) electrons. The third-order valence-corrected chi connectivity index (χ3v) is 6.53. The van der Waals surface area contributed by atoms with Crippen LogP contribution in [0.5, 0.6) is 0 Å². The Morgan fingerprint density at radius 2 is 1.57 bits per heavy atom. The number of hydrogen-bond donors (Lipinski definition) is 1. The van der Waals surface area contributed by atoms with Gasteiger partial charge in [0.1, 0.15) is 0 Å². The number of carbonyl (C=O) groups is 1. The lowest BCUT2D eigenvalue weighted by Gasteiger charge is -2.14. The van der Waals surface area contributed by atoms with Crippen molar-refractivity contribution in [3.05, 3.63) is 145 Å². The van der Waals surface area contributed by atoms with Gasteiger partial charge in [-0.15, -0.1) is 0 Å². The summed E-state index contributed by atoms with van der Waals surface area (Å²) in [5, 5.41) is 4.40. The van der Waals surface area contributed by atoms with Crippen LogP contribution in [0, 0.1) is 0 Å². The lowest BCUT2D eigenvalue weighted by molar-refractivity contribution is 0.0950. The van der Waals surface area contributed by atoms with E-state index in [9.17, 15) is 14.4 Å². The van der Waals surface area contributed by atoms with Crippen molar-refractivity contribution in [3.63, 3.8) is 0 Å². The first-order chi connectivity index (χ1) is 17.9. The van der Waals surface area contributed by atoms with Crippen molar-refractivity contribution in [2.24, 2.45) is 0 Å². The second kappa shape index (κ2) is 10.5. The summed E-state index contributed by atoms with van der Waals surface area (Å²) >= 11 is 12.1. The molecule has 1 amide bonds. The van der Waals surface area contributed by atoms with Crippen LogP contribution in [0.2, 0.25) is 10.0 Å². The maximum atomic E-state index is 13.2. The number of pyridine rings is 2. The number of nitrogens with one attached hydrogen (secondary N) is 1. The Labute approximate surface area is 222 Å². The number of fused-ring (bicyclic) bond motifs is 1. The highest BCUT2D eigenvalue weighted by molar-refractivity contribution is 6.31. The van der Waals surface area contributed by atoms with Crippen molar-refractivity contribution in [1.82, 2.24) is 14.5 Å². The number of aromatic nitrogens is 2. The molecule has 0 unspecified atom stereocenters. The predicted molar refractivity (Wildman–Crippen MR) is 147 cm³/mol. The molecule has 2 heterocycles. The van der Waals surface area contributed by atoms with Crippen LogP contribution in [-0.2, 0) is 13.1 Å². The van der Waals surface area contributed by atoms with E-state index < -0.39 is 5.91 Å². The largest absolute Gasteiger partial charge is 0.348 e. The predicted octanol–water partition coefficient (Wildman–Crippen LogP) is 5.44. The minimum Gasteiger partial charge on any atom is -0.348 e. The Bertz CT molecular complexity index is 1730. The maximum Gasteiger partial charge on any atom is 0.251 e. The molecule has 0 saturated heterocycles. The van der Waals surface area contributed by atoms with Gasteiger partial charge < -0.3 is 14.5 Å². The smallest absolute Gasteiger partial charge is 0.251 e. The Hall–Kier alpha value is -4.13. The van der Waals surface area contributed by atoms with Crippen molar-refractivity contribution in [2.75, 3.05) is 0 Å². The lowest BCUT2D eigenvalue weighted by atomic mass is 10.1. The van der Waals surface area contributed by atoms with Gasteiger partial charge in [0.25, 0.3) is 11.5 Å². The zero-order valence-electron chi connectivity index (χ0n) is 19.5. The topological polar surface area (TPSA) is 73.1 Å². The van der Waals surface area contributed by atoms with Gasteiger partial charge in [0.05, 0.1) is 12.1 Å². The zero-order chi connectivity index (χ0) is 25.9. The molecule has 5 aromatic rings. The van der Waals surface area contributed by atoms with E-state index in [0.29, 0.717) is 33.1 Å². The average Bonchev–Trinajstić information content (AvgIpc) is 2.91. The van der Waals surface area contributed by atoms with Crippen LogP contribution < -0.4 is 16.3 Å². The van der Waals surface area contributed by atoms with Crippen LogP contribution in [0.15, 0.2) is 107 Å². The molecule has 0 atom stereocenters. The van der Waals surface area contributed by atoms with Crippen molar-refractivity contribution in [2.45, 2.75) is 13.1 Å². The standard InChI is InChI=1S/C29H21Cl2N3O3/c30-22-8-6-19(7-9-22)17-33-13-12-20(14-27(33)35)29(37)32-16-21-18-34(24-4-2-1-3-5-24)26-15-23(31)10-11-25(26)28(21)36/h1-15,18H,16-17H2,(H,32,37). The number of nitrogens with zero attached hydrogens (tertiary/aromatic N) is 2. The molecule has 37 heavy (non-hydrogen) atoms. The number of hydrogen-bond acceptors (Lipinski definition) is 3. The van der Waals surface area contributed by atoms with E-state index in [-0.39, 0.29) is 23.1 Å². The van der Waals surface area contributed by atoms with E-state index in [2.05, 4.69) is 5.32 Å². The van der Waals surface area contributed by atoms with Gasteiger partial charge in [0, 0.05) is 57.3 Å². The molecule has 0 aliphatic rings. The summed E-state index contributed by atoms with van der Waals surface area (Å²) in [5.74, 6) is -0.447. The quantitative estimate of drug-likeness (QED) is 0.318. The second-order valence-corrected chi connectivity index (χ2v) is 9.41. The number of halogens is 2. The summed E-state index contributed by atoms with van der Waals surface area (Å²) < 4.78 is 3.38. The Morgan fingerprint density at radius 3 is 2.30 bits per heavy atom. The van der Waals surface area contributed by atoms with Crippen molar-refractivity contribution in [1.29, 1.82) is 0 Å². The van der Waals surface area contributed by atoms with Crippen LogP contribution in [-0.4, -0.2) is 15.0 Å². The molecule has 0 aliphatic heterocycles. The number of amides is 1. The first-order valence-electron chi connectivity index (χ1n) is 11.5. The van der Waals surface area contributed by atoms with E-state index in [4.69, 9.17) is 23.2 Å². The monoisotopic (exact) mass is 529 g/mol. The molecule has 0 fully saturated rings. The van der Waals surface area contributed by atoms with Crippen LogP contribution >= 0.6 is 23.2 Å². The lowest BCUT2D eigenvalue weighted by Crippen LogP contribution is -2.29. The van der Waals surface area contributed by atoms with E-state index in [1.165, 1.54) is 10.6 Å². The fourth-order valence-electron chi connectivity index (χ4n) is 4.12. The van der Waals surface area contributed by atoms with Crippen LogP contribution in [0.1, 0.15) is 21.5 Å². The van der Waals surface area contributed by atoms with Gasteiger partial charge in [0.15, 0.2) is 5.43 Å². The molecule has 8 heteroatoms. The summed E-state index contributed by atoms with van der Waals surface area (Å²) in [6.45, 7) is 0.356. The van der Waals surface area contributed by atoms with Gasteiger partial charge in [-0.3, -0.25) is 14.4 Å². The summed E-state index contributed by atoms with van der Waals surface area (Å²) in [7, 11) is 0. The molecule has 3 aromatic carbocycles. The highest BCUT2D eigenvalue weighted by Crippen LogP contribution is 2.21. The molecule has 0 aliphatic carbocycles. The Morgan fingerprint density at radius 1 is 0.838 bits per heavy atom. The van der Waals surface area contributed by atoms with Crippen molar-refractivity contribution >= 4 is 40.0 Å². The molecule has 0 saturated carbocycles. The summed E-state index contributed by atoms with van der Waals surface area (Å²) in [5.41, 5.74) is 2.55. The van der Waals surface area contributed by atoms with Gasteiger partial charge in [-0.2, -0.15) is 0 Å². The molecule has 5 rings (SSSR count). The number of benzene rings is 3. The second-order valence-electron chi connectivity index (χ2n) is 8.54. The summed E-state index contributed by atoms with van der Waals surface area (Å²) in [6, 6.07) is 24.7. The van der Waals surface area contributed by atoms with Crippen molar-refractivity contribution in [3.8, 4) is 5.69 Å². The van der Waals surface area contributed by atoms with Crippen LogP contribution in [0.25, 0.3) is 16.6 Å². The molecular formula is C29H21Cl2N3O3. The molecule has 6 nitrogen and oxygen atoms in total. The fourth-order valence-corrected chi connectivity index (χ4v) is 4.42. The van der Waals surface area contributed by atoms with E-state index in [1.807, 2.05) is 47.0 Å². The molecule has 184 valence electrons. The fraction of sp³-hybridized carbons (Fsp3) is 0.0690. The first-order valence-corrected chi connectivity index (χ1v) is 12.3. The summed E-state index contributed by atoms with van der Waals surface area (Å²) in [6.07, 6.45) is 3.29.